The van der Waals surface area contributed by atoms with E-state index in [2.05, 4.69) is 10.1 Å². The fraction of sp³-hybridized carbons (Fsp3) is 0.333. The summed E-state index contributed by atoms with van der Waals surface area (Å²) in [7, 11) is 0. The van der Waals surface area contributed by atoms with Crippen molar-refractivity contribution < 1.29 is 0 Å². The molecule has 0 atom stereocenters. The first-order chi connectivity index (χ1) is 5.29. The molecule has 0 fully saturated rings. The van der Waals surface area contributed by atoms with Gasteiger partial charge in [-0.3, -0.25) is 0 Å². The standard InChI is InChI=1S/C6H8N4S.2ClH/c1-4-9-10-3-5(2-7)8-6(10)11-4;;/h3H,2,7H2,1H3;2*1H. The molecule has 2 aromatic rings. The van der Waals surface area contributed by atoms with Gasteiger partial charge in [0, 0.05) is 6.54 Å². The molecule has 0 radical (unpaired) electrons. The maximum absolute atomic E-state index is 5.41. The molecule has 2 aromatic heterocycles. The van der Waals surface area contributed by atoms with Gasteiger partial charge in [-0.25, -0.2) is 9.50 Å². The van der Waals surface area contributed by atoms with E-state index < -0.39 is 0 Å². The van der Waals surface area contributed by atoms with E-state index in [1.54, 1.807) is 15.9 Å². The topological polar surface area (TPSA) is 56.2 Å². The average Bonchev–Trinajstić information content (AvgIpc) is 2.43. The molecule has 0 spiro atoms. The summed E-state index contributed by atoms with van der Waals surface area (Å²) in [4.78, 5) is 5.17. The predicted octanol–water partition coefficient (Wildman–Crippen LogP) is 1.40. The van der Waals surface area contributed by atoms with E-state index in [1.165, 1.54) is 0 Å². The Morgan fingerprint density at radius 1 is 1.54 bits per heavy atom. The Bertz CT molecular complexity index is 351. The van der Waals surface area contributed by atoms with E-state index in [4.69, 9.17) is 5.73 Å². The van der Waals surface area contributed by atoms with Crippen LogP contribution in [0.15, 0.2) is 6.20 Å². The number of aromatic nitrogens is 3. The van der Waals surface area contributed by atoms with Crippen LogP contribution in [-0.2, 0) is 6.54 Å². The highest BCUT2D eigenvalue weighted by Gasteiger charge is 2.02. The van der Waals surface area contributed by atoms with E-state index in [9.17, 15) is 0 Å². The second-order valence-corrected chi connectivity index (χ2v) is 3.44. The molecule has 0 aliphatic rings. The third kappa shape index (κ3) is 2.31. The van der Waals surface area contributed by atoms with Gasteiger partial charge >= 0.3 is 0 Å². The second kappa shape index (κ2) is 4.76. The lowest BCUT2D eigenvalue weighted by Gasteiger charge is -1.80. The summed E-state index contributed by atoms with van der Waals surface area (Å²) in [6.45, 7) is 2.44. The van der Waals surface area contributed by atoms with Crippen molar-refractivity contribution in [2.75, 3.05) is 0 Å². The predicted molar refractivity (Wildman–Crippen MR) is 58.0 cm³/mol. The maximum Gasteiger partial charge on any atom is 0.212 e. The summed E-state index contributed by atoms with van der Waals surface area (Å²) in [5, 5.41) is 5.22. The van der Waals surface area contributed by atoms with Crippen LogP contribution in [0.1, 0.15) is 10.7 Å². The van der Waals surface area contributed by atoms with Crippen LogP contribution in [0.5, 0.6) is 0 Å². The minimum Gasteiger partial charge on any atom is -0.325 e. The van der Waals surface area contributed by atoms with Gasteiger partial charge in [0.15, 0.2) is 0 Å². The van der Waals surface area contributed by atoms with Crippen molar-refractivity contribution in [3.8, 4) is 0 Å². The Hall–Kier alpha value is -0.360. The van der Waals surface area contributed by atoms with Crippen molar-refractivity contribution in [3.63, 3.8) is 0 Å². The number of rotatable bonds is 1. The van der Waals surface area contributed by atoms with Crippen molar-refractivity contribution in [2.24, 2.45) is 5.73 Å². The zero-order valence-corrected chi connectivity index (χ0v) is 9.38. The van der Waals surface area contributed by atoms with E-state index in [0.717, 1.165) is 15.7 Å². The first-order valence-electron chi connectivity index (χ1n) is 3.31. The highest BCUT2D eigenvalue weighted by Crippen LogP contribution is 2.12. The number of nitrogens with zero attached hydrogens (tertiary/aromatic N) is 3. The number of imidazole rings is 1. The largest absolute Gasteiger partial charge is 0.325 e. The third-order valence-electron chi connectivity index (χ3n) is 1.40. The lowest BCUT2D eigenvalue weighted by molar-refractivity contribution is 0.934. The molecule has 0 amide bonds. The Morgan fingerprint density at radius 2 is 2.23 bits per heavy atom. The highest BCUT2D eigenvalue weighted by molar-refractivity contribution is 7.16. The molecule has 2 N–H and O–H groups in total. The summed E-state index contributed by atoms with van der Waals surface area (Å²) in [6, 6.07) is 0. The van der Waals surface area contributed by atoms with Gasteiger partial charge in [-0.2, -0.15) is 5.10 Å². The highest BCUT2D eigenvalue weighted by atomic mass is 35.5. The molecule has 0 saturated heterocycles. The number of nitrogens with two attached hydrogens (primary N) is 1. The van der Waals surface area contributed by atoms with Gasteiger partial charge in [-0.05, 0) is 6.92 Å². The van der Waals surface area contributed by atoms with Gasteiger partial charge in [-0.1, -0.05) is 11.3 Å². The van der Waals surface area contributed by atoms with Crippen molar-refractivity contribution in [2.45, 2.75) is 13.5 Å². The van der Waals surface area contributed by atoms with Crippen LogP contribution in [0.4, 0.5) is 0 Å². The molecule has 0 bridgehead atoms. The lowest BCUT2D eigenvalue weighted by Crippen LogP contribution is -1.95. The van der Waals surface area contributed by atoms with Gasteiger partial charge in [-0.15, -0.1) is 24.8 Å². The van der Waals surface area contributed by atoms with E-state index in [-0.39, 0.29) is 24.8 Å². The fourth-order valence-corrected chi connectivity index (χ4v) is 1.69. The normalized spacial score (nSPS) is 9.38. The van der Waals surface area contributed by atoms with Crippen molar-refractivity contribution in [1.82, 2.24) is 14.6 Å². The Kier molecular flexibility index (Phi) is 4.63. The summed E-state index contributed by atoms with van der Waals surface area (Å²) in [5.74, 6) is 0. The molecular weight excluding hydrogens is 231 g/mol. The zero-order chi connectivity index (χ0) is 7.84. The van der Waals surface area contributed by atoms with E-state index in [1.807, 2.05) is 13.1 Å². The van der Waals surface area contributed by atoms with Crippen LogP contribution in [-0.4, -0.2) is 14.6 Å². The molecule has 0 saturated carbocycles. The van der Waals surface area contributed by atoms with Crippen LogP contribution in [0.25, 0.3) is 4.96 Å². The van der Waals surface area contributed by atoms with Crippen molar-refractivity contribution in [1.29, 1.82) is 0 Å². The van der Waals surface area contributed by atoms with Gasteiger partial charge in [0.05, 0.1) is 11.9 Å². The first-order valence-corrected chi connectivity index (χ1v) is 4.13. The van der Waals surface area contributed by atoms with E-state index in [0.29, 0.717) is 6.54 Å². The first kappa shape index (κ1) is 12.6. The Morgan fingerprint density at radius 3 is 2.77 bits per heavy atom. The van der Waals surface area contributed by atoms with Gasteiger partial charge in [0.2, 0.25) is 4.96 Å². The molecule has 7 heteroatoms. The quantitative estimate of drug-likeness (QED) is 0.821. The lowest BCUT2D eigenvalue weighted by atomic mass is 10.5. The molecular formula is C6H10Cl2N4S. The smallest absolute Gasteiger partial charge is 0.212 e. The Balaban J connectivity index is 0.000000720. The van der Waals surface area contributed by atoms with Crippen LogP contribution < -0.4 is 5.73 Å². The molecule has 0 aliphatic carbocycles. The number of hydrogen-bond acceptors (Lipinski definition) is 4. The Labute approximate surface area is 92.0 Å². The molecule has 2 rings (SSSR count). The maximum atomic E-state index is 5.41. The molecule has 2 heterocycles. The minimum atomic E-state index is 0. The molecule has 4 nitrogen and oxygen atoms in total. The molecule has 0 unspecified atom stereocenters. The summed E-state index contributed by atoms with van der Waals surface area (Å²) in [5.41, 5.74) is 6.30. The fourth-order valence-electron chi connectivity index (χ4n) is 0.943. The van der Waals surface area contributed by atoms with Crippen molar-refractivity contribution in [3.05, 3.63) is 16.9 Å². The van der Waals surface area contributed by atoms with Gasteiger partial charge in [0.25, 0.3) is 0 Å². The molecule has 0 aliphatic heterocycles. The monoisotopic (exact) mass is 240 g/mol. The third-order valence-corrected chi connectivity index (χ3v) is 2.24. The van der Waals surface area contributed by atoms with Crippen LogP contribution in [0.2, 0.25) is 0 Å². The summed E-state index contributed by atoms with van der Waals surface area (Å²) in [6.07, 6.45) is 1.86. The van der Waals surface area contributed by atoms with Crippen LogP contribution in [0.3, 0.4) is 0 Å². The molecule has 0 aromatic carbocycles. The number of halogens is 2. The van der Waals surface area contributed by atoms with E-state index >= 15 is 0 Å². The van der Waals surface area contributed by atoms with Crippen LogP contribution in [0, 0.1) is 6.92 Å². The second-order valence-electron chi connectivity index (χ2n) is 2.28. The van der Waals surface area contributed by atoms with Crippen LogP contribution >= 0.6 is 36.2 Å². The van der Waals surface area contributed by atoms with Gasteiger partial charge in [0.1, 0.15) is 5.01 Å². The number of hydrogen-bond donors (Lipinski definition) is 1. The molecule has 74 valence electrons. The number of aryl methyl sites for hydroxylation is 1. The number of fused-ring (bicyclic) bond motifs is 1. The van der Waals surface area contributed by atoms with Crippen molar-refractivity contribution >= 4 is 41.1 Å². The van der Waals surface area contributed by atoms with Gasteiger partial charge < -0.3 is 5.73 Å². The minimum absolute atomic E-state index is 0. The average molecular weight is 241 g/mol. The summed E-state index contributed by atoms with van der Waals surface area (Å²) < 4.78 is 1.77. The zero-order valence-electron chi connectivity index (χ0n) is 6.93. The molecule has 13 heavy (non-hydrogen) atoms. The SMILES string of the molecule is Cc1nn2cc(CN)nc2s1.Cl.Cl. The summed E-state index contributed by atoms with van der Waals surface area (Å²) >= 11 is 1.57.